The molecule has 7 nitrogen and oxygen atoms in total. The van der Waals surface area contributed by atoms with E-state index in [-0.39, 0.29) is 17.4 Å². The van der Waals surface area contributed by atoms with Crippen LogP contribution in [-0.4, -0.2) is 28.0 Å². The van der Waals surface area contributed by atoms with Crippen LogP contribution in [-0.2, 0) is 6.54 Å². The van der Waals surface area contributed by atoms with Crippen LogP contribution in [0.25, 0.3) is 0 Å². The summed E-state index contributed by atoms with van der Waals surface area (Å²) in [5, 5.41) is 2.71. The highest BCUT2D eigenvalue weighted by atomic mass is 16.5. The van der Waals surface area contributed by atoms with Gasteiger partial charge in [-0.2, -0.15) is 0 Å². The molecular formula is C12H13N5O2. The molecule has 2 aromatic rings. The lowest BCUT2D eigenvalue weighted by atomic mass is 10.3. The number of carbonyl (C=O) groups is 1. The Morgan fingerprint density at radius 3 is 2.68 bits per heavy atom. The highest BCUT2D eigenvalue weighted by molar-refractivity contribution is 5.91. The van der Waals surface area contributed by atoms with E-state index in [9.17, 15) is 4.79 Å². The van der Waals surface area contributed by atoms with Gasteiger partial charge in [-0.25, -0.2) is 15.0 Å². The third-order valence-electron chi connectivity index (χ3n) is 2.36. The van der Waals surface area contributed by atoms with Gasteiger partial charge in [-0.3, -0.25) is 4.79 Å². The van der Waals surface area contributed by atoms with Crippen molar-refractivity contribution < 1.29 is 9.53 Å². The molecule has 0 fully saturated rings. The molecule has 2 heterocycles. The van der Waals surface area contributed by atoms with Gasteiger partial charge in [0.2, 0.25) is 5.88 Å². The SMILES string of the molecule is COc1ccc(CNC(=O)c2cnc(N)cn2)cn1. The van der Waals surface area contributed by atoms with Crippen LogP contribution in [0.3, 0.4) is 0 Å². The third-order valence-corrected chi connectivity index (χ3v) is 2.36. The fraction of sp³-hybridized carbons (Fsp3) is 0.167. The van der Waals surface area contributed by atoms with Gasteiger partial charge in [-0.1, -0.05) is 6.07 Å². The normalized spacial score (nSPS) is 9.95. The second kappa shape index (κ2) is 5.76. The molecule has 0 saturated carbocycles. The largest absolute Gasteiger partial charge is 0.481 e. The standard InChI is InChI=1S/C12H13N5O2/c1-19-11-3-2-8(4-16-11)5-17-12(18)9-6-15-10(13)7-14-9/h2-4,6-7H,5H2,1H3,(H2,13,15)(H,17,18). The maximum atomic E-state index is 11.8. The summed E-state index contributed by atoms with van der Waals surface area (Å²) in [6, 6.07) is 3.55. The van der Waals surface area contributed by atoms with E-state index in [0.717, 1.165) is 5.56 Å². The Hall–Kier alpha value is -2.70. The summed E-state index contributed by atoms with van der Waals surface area (Å²) in [6.07, 6.45) is 4.30. The molecule has 0 bridgehead atoms. The monoisotopic (exact) mass is 259 g/mol. The van der Waals surface area contributed by atoms with E-state index in [1.807, 2.05) is 6.07 Å². The van der Waals surface area contributed by atoms with Gasteiger partial charge in [0.05, 0.1) is 19.5 Å². The molecule has 98 valence electrons. The quantitative estimate of drug-likeness (QED) is 0.823. The van der Waals surface area contributed by atoms with Crippen molar-refractivity contribution in [2.75, 3.05) is 12.8 Å². The van der Waals surface area contributed by atoms with Gasteiger partial charge in [0.25, 0.3) is 5.91 Å². The number of aromatic nitrogens is 3. The van der Waals surface area contributed by atoms with E-state index in [4.69, 9.17) is 10.5 Å². The number of nitrogens with zero attached hydrogens (tertiary/aromatic N) is 3. The molecule has 0 spiro atoms. The molecule has 19 heavy (non-hydrogen) atoms. The minimum absolute atomic E-state index is 0.218. The van der Waals surface area contributed by atoms with Gasteiger partial charge in [0.1, 0.15) is 11.5 Å². The Morgan fingerprint density at radius 1 is 1.26 bits per heavy atom. The topological polar surface area (TPSA) is 103 Å². The second-order valence-corrected chi connectivity index (χ2v) is 3.72. The Bertz CT molecular complexity index is 553. The minimum Gasteiger partial charge on any atom is -0.481 e. The van der Waals surface area contributed by atoms with E-state index in [1.165, 1.54) is 12.4 Å². The van der Waals surface area contributed by atoms with Crippen molar-refractivity contribution >= 4 is 11.7 Å². The van der Waals surface area contributed by atoms with E-state index < -0.39 is 0 Å². The van der Waals surface area contributed by atoms with E-state index >= 15 is 0 Å². The Labute approximate surface area is 109 Å². The zero-order valence-corrected chi connectivity index (χ0v) is 10.3. The highest BCUT2D eigenvalue weighted by Crippen LogP contribution is 2.06. The summed E-state index contributed by atoms with van der Waals surface area (Å²) in [4.78, 5) is 23.5. The molecule has 0 aromatic carbocycles. The lowest BCUT2D eigenvalue weighted by molar-refractivity contribution is 0.0945. The number of hydrogen-bond acceptors (Lipinski definition) is 6. The van der Waals surface area contributed by atoms with Crippen LogP contribution >= 0.6 is 0 Å². The first kappa shape index (κ1) is 12.7. The number of pyridine rings is 1. The molecule has 0 saturated heterocycles. The third kappa shape index (κ3) is 3.38. The number of carbonyl (C=O) groups excluding carboxylic acids is 1. The lowest BCUT2D eigenvalue weighted by Crippen LogP contribution is -2.24. The van der Waals surface area contributed by atoms with Gasteiger partial charge >= 0.3 is 0 Å². The molecular weight excluding hydrogens is 246 g/mol. The smallest absolute Gasteiger partial charge is 0.271 e. The molecule has 2 rings (SSSR count). The molecule has 1 amide bonds. The number of rotatable bonds is 4. The van der Waals surface area contributed by atoms with E-state index in [0.29, 0.717) is 12.4 Å². The zero-order valence-electron chi connectivity index (χ0n) is 10.3. The number of nitrogens with two attached hydrogens (primary N) is 1. The van der Waals surface area contributed by atoms with Crippen molar-refractivity contribution in [3.05, 3.63) is 42.0 Å². The maximum Gasteiger partial charge on any atom is 0.271 e. The molecule has 0 unspecified atom stereocenters. The van der Waals surface area contributed by atoms with Gasteiger partial charge < -0.3 is 15.8 Å². The molecule has 3 N–H and O–H groups in total. The van der Waals surface area contributed by atoms with Crippen LogP contribution in [0.1, 0.15) is 16.1 Å². The molecule has 7 heteroatoms. The summed E-state index contributed by atoms with van der Waals surface area (Å²) >= 11 is 0. The number of nitrogen functional groups attached to an aromatic ring is 1. The van der Waals surface area contributed by atoms with Crippen LogP contribution in [0.2, 0.25) is 0 Å². The number of amides is 1. The molecule has 0 radical (unpaired) electrons. The minimum atomic E-state index is -0.316. The molecule has 0 aliphatic rings. The van der Waals surface area contributed by atoms with Crippen LogP contribution in [0.4, 0.5) is 5.82 Å². The van der Waals surface area contributed by atoms with Crippen molar-refractivity contribution in [3.8, 4) is 5.88 Å². The van der Waals surface area contributed by atoms with Crippen molar-refractivity contribution in [3.63, 3.8) is 0 Å². The zero-order chi connectivity index (χ0) is 13.7. The average Bonchev–Trinajstić information content (AvgIpc) is 2.46. The van der Waals surface area contributed by atoms with E-state index in [2.05, 4.69) is 20.3 Å². The first-order valence-electron chi connectivity index (χ1n) is 5.53. The van der Waals surface area contributed by atoms with Crippen LogP contribution in [0, 0.1) is 0 Å². The predicted octanol–water partition coefficient (Wildman–Crippen LogP) is 0.392. The van der Waals surface area contributed by atoms with Crippen molar-refractivity contribution in [1.29, 1.82) is 0 Å². The van der Waals surface area contributed by atoms with Gasteiger partial charge in [0, 0.05) is 18.8 Å². The van der Waals surface area contributed by atoms with Crippen molar-refractivity contribution in [2.45, 2.75) is 6.54 Å². The van der Waals surface area contributed by atoms with Crippen LogP contribution in [0.15, 0.2) is 30.7 Å². The number of methoxy groups -OCH3 is 1. The Balaban J connectivity index is 1.94. The van der Waals surface area contributed by atoms with Gasteiger partial charge in [0.15, 0.2) is 0 Å². The highest BCUT2D eigenvalue weighted by Gasteiger charge is 2.07. The first-order valence-corrected chi connectivity index (χ1v) is 5.53. The van der Waals surface area contributed by atoms with Crippen LogP contribution < -0.4 is 15.8 Å². The van der Waals surface area contributed by atoms with Crippen LogP contribution in [0.5, 0.6) is 5.88 Å². The average molecular weight is 259 g/mol. The summed E-state index contributed by atoms with van der Waals surface area (Å²) < 4.78 is 4.95. The van der Waals surface area contributed by atoms with Gasteiger partial charge in [-0.15, -0.1) is 0 Å². The predicted molar refractivity (Wildman–Crippen MR) is 68.4 cm³/mol. The van der Waals surface area contributed by atoms with Crippen molar-refractivity contribution in [1.82, 2.24) is 20.3 Å². The number of nitrogens with one attached hydrogen (secondary N) is 1. The maximum absolute atomic E-state index is 11.8. The fourth-order valence-corrected chi connectivity index (χ4v) is 1.36. The van der Waals surface area contributed by atoms with Crippen molar-refractivity contribution in [2.24, 2.45) is 0 Å². The summed E-state index contributed by atoms with van der Waals surface area (Å²) in [7, 11) is 1.55. The number of hydrogen-bond donors (Lipinski definition) is 2. The first-order chi connectivity index (χ1) is 9.19. The molecule has 0 aliphatic heterocycles. The number of anilines is 1. The number of ether oxygens (including phenoxy) is 1. The van der Waals surface area contributed by atoms with Gasteiger partial charge in [-0.05, 0) is 5.56 Å². The molecule has 2 aromatic heterocycles. The summed E-state index contributed by atoms with van der Waals surface area (Å²) in [6.45, 7) is 0.349. The molecule has 0 atom stereocenters. The second-order valence-electron chi connectivity index (χ2n) is 3.72. The Kier molecular flexibility index (Phi) is 3.87. The summed E-state index contributed by atoms with van der Waals surface area (Å²) in [5.41, 5.74) is 6.47. The Morgan fingerprint density at radius 2 is 2.11 bits per heavy atom. The fourth-order valence-electron chi connectivity index (χ4n) is 1.36. The summed E-state index contributed by atoms with van der Waals surface area (Å²) in [5.74, 6) is 0.485. The van der Waals surface area contributed by atoms with E-state index in [1.54, 1.807) is 19.4 Å². The molecule has 0 aliphatic carbocycles. The lowest BCUT2D eigenvalue weighted by Gasteiger charge is -2.05.